The third-order valence-electron chi connectivity index (χ3n) is 2.68. The summed E-state index contributed by atoms with van der Waals surface area (Å²) in [5.41, 5.74) is 1.83. The molecule has 2 aromatic rings. The molecule has 0 aliphatic heterocycles. The monoisotopic (exact) mass is 248 g/mol. The molecule has 0 N–H and O–H groups in total. The molecule has 1 atom stereocenters. The maximum Gasteiger partial charge on any atom is 0.187 e. The number of hydrogen-bond acceptors (Lipinski definition) is 2. The van der Waals surface area contributed by atoms with Crippen LogP contribution in [0.4, 0.5) is 0 Å². The third-order valence-corrected chi connectivity index (χ3v) is 2.88. The lowest BCUT2D eigenvalue weighted by molar-refractivity contribution is 0.0928. The van der Waals surface area contributed by atoms with E-state index in [-0.39, 0.29) is 11.8 Å². The number of carbonyl (C=O) groups excluding carboxylic acids is 1. The Bertz CT molecular complexity index is 531. The van der Waals surface area contributed by atoms with E-state index in [0.29, 0.717) is 10.6 Å². The van der Waals surface area contributed by atoms with Gasteiger partial charge in [0.15, 0.2) is 5.78 Å². The summed E-state index contributed by atoms with van der Waals surface area (Å²) in [6, 6.07) is 7.18. The minimum absolute atomic E-state index is 0.0322. The van der Waals surface area contributed by atoms with Crippen molar-refractivity contribution in [3.05, 3.63) is 52.8 Å². The topological polar surface area (TPSA) is 34.9 Å². The molecule has 0 saturated heterocycles. The Balaban J connectivity index is 2.23. The van der Waals surface area contributed by atoms with E-state index in [9.17, 15) is 4.79 Å². The summed E-state index contributed by atoms with van der Waals surface area (Å²) in [6.45, 7) is 3.80. The van der Waals surface area contributed by atoms with E-state index in [1.807, 2.05) is 38.1 Å². The molecule has 0 amide bonds. The van der Waals surface area contributed by atoms with E-state index in [4.69, 9.17) is 11.6 Å². The van der Waals surface area contributed by atoms with Crippen molar-refractivity contribution in [2.75, 3.05) is 0 Å². The largest absolute Gasteiger partial charge is 0.292 e. The second kappa shape index (κ2) is 4.72. The zero-order chi connectivity index (χ0) is 12.4. The molecular weight excluding hydrogens is 236 g/mol. The Morgan fingerprint density at radius 1 is 1.35 bits per heavy atom. The highest BCUT2D eigenvalue weighted by molar-refractivity contribution is 6.30. The van der Waals surface area contributed by atoms with Crippen molar-refractivity contribution in [1.29, 1.82) is 0 Å². The number of aromatic nitrogens is 2. The Labute approximate surface area is 105 Å². The number of nitrogens with zero attached hydrogens (tertiary/aromatic N) is 2. The molecule has 1 heterocycles. The minimum atomic E-state index is -0.342. The van der Waals surface area contributed by atoms with Crippen LogP contribution in [0.15, 0.2) is 36.7 Å². The summed E-state index contributed by atoms with van der Waals surface area (Å²) in [5.74, 6) is 0.0322. The van der Waals surface area contributed by atoms with Crippen molar-refractivity contribution in [3.8, 4) is 0 Å². The number of rotatable bonds is 3. The van der Waals surface area contributed by atoms with Crippen LogP contribution in [0.2, 0.25) is 5.02 Å². The highest BCUT2D eigenvalue weighted by Gasteiger charge is 2.17. The first-order valence-corrected chi connectivity index (χ1v) is 5.76. The van der Waals surface area contributed by atoms with Crippen LogP contribution in [0.3, 0.4) is 0 Å². The lowest BCUT2D eigenvalue weighted by atomic mass is 10.0. The second-order valence-corrected chi connectivity index (χ2v) is 4.48. The average Bonchev–Trinajstić information content (AvgIpc) is 2.75. The van der Waals surface area contributed by atoms with Crippen LogP contribution in [0.5, 0.6) is 0 Å². The van der Waals surface area contributed by atoms with Gasteiger partial charge in [0.1, 0.15) is 6.04 Å². The molecule has 17 heavy (non-hydrogen) atoms. The molecule has 0 spiro atoms. The number of carbonyl (C=O) groups is 1. The van der Waals surface area contributed by atoms with E-state index < -0.39 is 0 Å². The first-order valence-electron chi connectivity index (χ1n) is 5.38. The zero-order valence-electron chi connectivity index (χ0n) is 9.72. The first-order chi connectivity index (χ1) is 8.08. The number of Topliss-reactive ketones (excluding diaryl/α,β-unsaturated/α-hetero) is 1. The molecule has 4 heteroatoms. The molecule has 0 aliphatic carbocycles. The fourth-order valence-electron chi connectivity index (χ4n) is 1.61. The predicted molar refractivity (Wildman–Crippen MR) is 67.5 cm³/mol. The van der Waals surface area contributed by atoms with E-state index in [1.54, 1.807) is 10.9 Å². The fraction of sp³-hybridized carbons (Fsp3) is 0.231. The van der Waals surface area contributed by atoms with Crippen molar-refractivity contribution >= 4 is 17.4 Å². The van der Waals surface area contributed by atoms with Crippen LogP contribution < -0.4 is 0 Å². The van der Waals surface area contributed by atoms with Crippen LogP contribution in [0.25, 0.3) is 0 Å². The molecule has 2 rings (SSSR count). The Kier molecular flexibility index (Phi) is 3.29. The smallest absolute Gasteiger partial charge is 0.187 e. The molecule has 3 nitrogen and oxygen atoms in total. The van der Waals surface area contributed by atoms with E-state index in [2.05, 4.69) is 5.10 Å². The van der Waals surface area contributed by atoms with Crippen molar-refractivity contribution < 1.29 is 4.79 Å². The van der Waals surface area contributed by atoms with E-state index in [1.165, 1.54) is 6.20 Å². The third kappa shape index (κ3) is 2.56. The molecule has 0 radical (unpaired) electrons. The summed E-state index contributed by atoms with van der Waals surface area (Å²) < 4.78 is 1.57. The van der Waals surface area contributed by atoms with Crippen LogP contribution >= 0.6 is 11.6 Å². The molecule has 0 aliphatic rings. The Morgan fingerprint density at radius 3 is 2.53 bits per heavy atom. The SMILES string of the molecule is Cc1ccc(C(=O)C(C)n2cc(Cl)cn2)cc1. The number of halogens is 1. The van der Waals surface area contributed by atoms with Crippen molar-refractivity contribution in [1.82, 2.24) is 9.78 Å². The van der Waals surface area contributed by atoms with Crippen molar-refractivity contribution in [3.63, 3.8) is 0 Å². The van der Waals surface area contributed by atoms with Gasteiger partial charge in [-0.1, -0.05) is 41.4 Å². The predicted octanol–water partition coefficient (Wildman–Crippen LogP) is 3.29. The standard InChI is InChI=1S/C13H13ClN2O/c1-9-3-5-11(6-4-9)13(17)10(2)16-8-12(14)7-15-16/h3-8,10H,1-2H3. The molecule has 88 valence electrons. The number of hydrogen-bond donors (Lipinski definition) is 0. The van der Waals surface area contributed by atoms with Gasteiger partial charge < -0.3 is 0 Å². The quantitative estimate of drug-likeness (QED) is 0.782. The maximum absolute atomic E-state index is 12.2. The summed E-state index contributed by atoms with van der Waals surface area (Å²) in [5, 5.41) is 4.58. The summed E-state index contributed by atoms with van der Waals surface area (Å²) >= 11 is 5.78. The van der Waals surface area contributed by atoms with Gasteiger partial charge in [-0.15, -0.1) is 0 Å². The maximum atomic E-state index is 12.2. The Hall–Kier alpha value is -1.61. The van der Waals surface area contributed by atoms with Gasteiger partial charge in [0.05, 0.1) is 11.2 Å². The van der Waals surface area contributed by atoms with Crippen LogP contribution in [0.1, 0.15) is 28.9 Å². The minimum Gasteiger partial charge on any atom is -0.292 e. The van der Waals surface area contributed by atoms with Crippen molar-refractivity contribution in [2.45, 2.75) is 19.9 Å². The summed E-state index contributed by atoms with van der Waals surface area (Å²) in [4.78, 5) is 12.2. The second-order valence-electron chi connectivity index (χ2n) is 4.04. The van der Waals surface area contributed by atoms with Crippen molar-refractivity contribution in [2.24, 2.45) is 0 Å². The van der Waals surface area contributed by atoms with Gasteiger partial charge in [0.25, 0.3) is 0 Å². The average molecular weight is 249 g/mol. The molecular formula is C13H13ClN2O. The van der Waals surface area contributed by atoms with Gasteiger partial charge in [-0.3, -0.25) is 9.48 Å². The van der Waals surface area contributed by atoms with E-state index in [0.717, 1.165) is 5.56 Å². The number of aryl methyl sites for hydroxylation is 1. The number of benzene rings is 1. The highest BCUT2D eigenvalue weighted by Crippen LogP contribution is 2.16. The van der Waals surface area contributed by atoms with Gasteiger partial charge in [0, 0.05) is 11.8 Å². The van der Waals surface area contributed by atoms with Gasteiger partial charge >= 0.3 is 0 Å². The van der Waals surface area contributed by atoms with Gasteiger partial charge in [-0.05, 0) is 13.8 Å². The number of ketones is 1. The summed E-state index contributed by atoms with van der Waals surface area (Å²) in [6.07, 6.45) is 3.18. The van der Waals surface area contributed by atoms with Gasteiger partial charge in [0.2, 0.25) is 0 Å². The van der Waals surface area contributed by atoms with E-state index >= 15 is 0 Å². The molecule has 1 aromatic heterocycles. The van der Waals surface area contributed by atoms with Crippen LogP contribution in [-0.4, -0.2) is 15.6 Å². The normalized spacial score (nSPS) is 12.4. The molecule has 0 fully saturated rings. The highest BCUT2D eigenvalue weighted by atomic mass is 35.5. The lowest BCUT2D eigenvalue weighted by Gasteiger charge is -2.11. The molecule has 0 saturated carbocycles. The molecule has 1 unspecified atom stereocenters. The lowest BCUT2D eigenvalue weighted by Crippen LogP contribution is -2.17. The van der Waals surface area contributed by atoms with Gasteiger partial charge in [-0.2, -0.15) is 5.10 Å². The van der Waals surface area contributed by atoms with Crippen LogP contribution in [0, 0.1) is 6.92 Å². The molecule has 1 aromatic carbocycles. The first kappa shape index (κ1) is 11.9. The fourth-order valence-corrected chi connectivity index (χ4v) is 1.75. The van der Waals surface area contributed by atoms with Gasteiger partial charge in [-0.25, -0.2) is 0 Å². The van der Waals surface area contributed by atoms with Crippen LogP contribution in [-0.2, 0) is 0 Å². The Morgan fingerprint density at radius 2 is 2.00 bits per heavy atom. The zero-order valence-corrected chi connectivity index (χ0v) is 10.5. The molecule has 0 bridgehead atoms. The summed E-state index contributed by atoms with van der Waals surface area (Å²) in [7, 11) is 0.